The van der Waals surface area contributed by atoms with Crippen molar-refractivity contribution in [3.8, 4) is 5.75 Å². The van der Waals surface area contributed by atoms with Crippen molar-refractivity contribution in [3.63, 3.8) is 0 Å². The van der Waals surface area contributed by atoms with E-state index in [0.29, 0.717) is 12.5 Å². The van der Waals surface area contributed by atoms with Crippen LogP contribution in [-0.2, 0) is 9.53 Å². The van der Waals surface area contributed by atoms with Crippen molar-refractivity contribution in [1.82, 2.24) is 0 Å². The van der Waals surface area contributed by atoms with Crippen LogP contribution >= 0.6 is 0 Å². The van der Waals surface area contributed by atoms with Gasteiger partial charge in [-0.3, -0.25) is 0 Å². The lowest BCUT2D eigenvalue weighted by molar-refractivity contribution is -0.138. The molecule has 17 heavy (non-hydrogen) atoms. The molecule has 3 nitrogen and oxygen atoms in total. The Labute approximate surface area is 102 Å². The fourth-order valence-electron chi connectivity index (χ4n) is 1.18. The lowest BCUT2D eigenvalue weighted by Crippen LogP contribution is -2.06. The first-order valence-corrected chi connectivity index (χ1v) is 5.60. The molecule has 0 saturated carbocycles. The summed E-state index contributed by atoms with van der Waals surface area (Å²) in [4.78, 5) is 11.3. The molecule has 1 aromatic rings. The van der Waals surface area contributed by atoms with Crippen LogP contribution in [0.3, 0.4) is 0 Å². The topological polar surface area (TPSA) is 35.5 Å². The molecule has 0 atom stereocenters. The van der Waals surface area contributed by atoms with Crippen LogP contribution in [0.4, 0.5) is 0 Å². The Hall–Kier alpha value is -1.77. The largest absolute Gasteiger partial charge is 0.497 e. The van der Waals surface area contributed by atoms with Crippen LogP contribution in [0.2, 0.25) is 0 Å². The second-order valence-electron chi connectivity index (χ2n) is 4.13. The molecule has 0 radical (unpaired) electrons. The van der Waals surface area contributed by atoms with Crippen LogP contribution in [0.1, 0.15) is 19.4 Å². The number of rotatable bonds is 5. The Morgan fingerprint density at radius 1 is 1.29 bits per heavy atom. The Kier molecular flexibility index (Phi) is 5.27. The van der Waals surface area contributed by atoms with Gasteiger partial charge in [0.15, 0.2) is 0 Å². The summed E-state index contributed by atoms with van der Waals surface area (Å²) in [6.07, 6.45) is 3.16. The standard InChI is InChI=1S/C14H18O3/c1-11(2)10-17-14(15)9-6-12-4-7-13(16-3)8-5-12/h4-9,11H,10H2,1-3H3. The SMILES string of the molecule is COc1ccc(C=CC(=O)OCC(C)C)cc1. The number of hydrogen-bond donors (Lipinski definition) is 0. The highest BCUT2D eigenvalue weighted by Gasteiger charge is 1.99. The van der Waals surface area contributed by atoms with Crippen LogP contribution in [0.25, 0.3) is 6.08 Å². The highest BCUT2D eigenvalue weighted by atomic mass is 16.5. The monoisotopic (exact) mass is 234 g/mol. The number of ether oxygens (including phenoxy) is 2. The average Bonchev–Trinajstić information content (AvgIpc) is 2.34. The summed E-state index contributed by atoms with van der Waals surface area (Å²) in [5, 5.41) is 0. The van der Waals surface area contributed by atoms with Crippen molar-refractivity contribution in [2.24, 2.45) is 5.92 Å². The van der Waals surface area contributed by atoms with Crippen molar-refractivity contribution in [1.29, 1.82) is 0 Å². The summed E-state index contributed by atoms with van der Waals surface area (Å²) in [6.45, 7) is 4.45. The Morgan fingerprint density at radius 2 is 1.94 bits per heavy atom. The molecule has 0 aliphatic carbocycles. The summed E-state index contributed by atoms with van der Waals surface area (Å²) in [7, 11) is 1.62. The molecule has 0 unspecified atom stereocenters. The predicted octanol–water partition coefficient (Wildman–Crippen LogP) is 2.91. The lowest BCUT2D eigenvalue weighted by Gasteiger charge is -2.04. The second kappa shape index (κ2) is 6.74. The summed E-state index contributed by atoms with van der Waals surface area (Å²) >= 11 is 0. The molecule has 0 bridgehead atoms. The van der Waals surface area contributed by atoms with Gasteiger partial charge in [-0.2, -0.15) is 0 Å². The van der Waals surface area contributed by atoms with Crippen LogP contribution in [0.5, 0.6) is 5.75 Å². The number of carbonyl (C=O) groups excluding carboxylic acids is 1. The average molecular weight is 234 g/mol. The van der Waals surface area contributed by atoms with E-state index in [-0.39, 0.29) is 5.97 Å². The Morgan fingerprint density at radius 3 is 2.47 bits per heavy atom. The van der Waals surface area contributed by atoms with Crippen molar-refractivity contribution in [3.05, 3.63) is 35.9 Å². The maximum absolute atomic E-state index is 11.3. The minimum absolute atomic E-state index is 0.311. The zero-order valence-corrected chi connectivity index (χ0v) is 10.5. The van der Waals surface area contributed by atoms with Gasteiger partial charge in [0.25, 0.3) is 0 Å². The van der Waals surface area contributed by atoms with Gasteiger partial charge in [-0.1, -0.05) is 26.0 Å². The van der Waals surface area contributed by atoms with Crippen LogP contribution in [0.15, 0.2) is 30.3 Å². The molecule has 0 aliphatic rings. The van der Waals surface area contributed by atoms with Gasteiger partial charge in [0.05, 0.1) is 13.7 Å². The Bertz CT molecular complexity index is 377. The van der Waals surface area contributed by atoms with Gasteiger partial charge in [0.1, 0.15) is 5.75 Å². The van der Waals surface area contributed by atoms with E-state index in [4.69, 9.17) is 9.47 Å². The van der Waals surface area contributed by atoms with E-state index in [0.717, 1.165) is 11.3 Å². The third-order valence-corrected chi connectivity index (χ3v) is 2.09. The van der Waals surface area contributed by atoms with E-state index in [1.54, 1.807) is 13.2 Å². The van der Waals surface area contributed by atoms with Crippen molar-refractivity contribution in [2.75, 3.05) is 13.7 Å². The van der Waals surface area contributed by atoms with Crippen LogP contribution in [0, 0.1) is 5.92 Å². The van der Waals surface area contributed by atoms with Crippen LogP contribution < -0.4 is 4.74 Å². The molecule has 0 aromatic heterocycles. The van der Waals surface area contributed by atoms with Gasteiger partial charge < -0.3 is 9.47 Å². The van der Waals surface area contributed by atoms with Crippen molar-refractivity contribution in [2.45, 2.75) is 13.8 Å². The van der Waals surface area contributed by atoms with Gasteiger partial charge in [-0.25, -0.2) is 4.79 Å². The number of esters is 1. The van der Waals surface area contributed by atoms with Crippen molar-refractivity contribution >= 4 is 12.0 Å². The molecule has 0 N–H and O–H groups in total. The normalized spacial score (nSPS) is 10.8. The van der Waals surface area contributed by atoms with Crippen LogP contribution in [-0.4, -0.2) is 19.7 Å². The molecular weight excluding hydrogens is 216 g/mol. The highest BCUT2D eigenvalue weighted by molar-refractivity contribution is 5.87. The number of carbonyl (C=O) groups is 1. The molecule has 0 spiro atoms. The van der Waals surface area contributed by atoms with Gasteiger partial charge in [-0.15, -0.1) is 0 Å². The third kappa shape index (κ3) is 5.20. The molecule has 0 heterocycles. The summed E-state index contributed by atoms with van der Waals surface area (Å²) < 4.78 is 10.1. The van der Waals surface area contributed by atoms with E-state index in [1.165, 1.54) is 6.08 Å². The van der Waals surface area contributed by atoms with E-state index in [1.807, 2.05) is 38.1 Å². The number of hydrogen-bond acceptors (Lipinski definition) is 3. The minimum Gasteiger partial charge on any atom is -0.497 e. The smallest absolute Gasteiger partial charge is 0.330 e. The maximum Gasteiger partial charge on any atom is 0.330 e. The lowest BCUT2D eigenvalue weighted by atomic mass is 10.2. The molecule has 0 saturated heterocycles. The van der Waals surface area contributed by atoms with E-state index >= 15 is 0 Å². The first-order chi connectivity index (χ1) is 8.11. The quantitative estimate of drug-likeness (QED) is 0.580. The molecule has 0 fully saturated rings. The van der Waals surface area contributed by atoms with Crippen molar-refractivity contribution < 1.29 is 14.3 Å². The summed E-state index contributed by atoms with van der Waals surface area (Å²) in [6, 6.07) is 7.45. The van der Waals surface area contributed by atoms with E-state index in [2.05, 4.69) is 0 Å². The van der Waals surface area contributed by atoms with Gasteiger partial charge in [-0.05, 0) is 29.7 Å². The van der Waals surface area contributed by atoms with E-state index in [9.17, 15) is 4.79 Å². The van der Waals surface area contributed by atoms with Gasteiger partial charge in [0.2, 0.25) is 0 Å². The zero-order valence-electron chi connectivity index (χ0n) is 10.5. The summed E-state index contributed by atoms with van der Waals surface area (Å²) in [5.41, 5.74) is 0.937. The maximum atomic E-state index is 11.3. The molecule has 1 aromatic carbocycles. The molecule has 0 amide bonds. The van der Waals surface area contributed by atoms with Gasteiger partial charge in [0, 0.05) is 6.08 Å². The zero-order chi connectivity index (χ0) is 12.7. The fraction of sp³-hybridized carbons (Fsp3) is 0.357. The first kappa shape index (κ1) is 13.3. The molecule has 3 heteroatoms. The third-order valence-electron chi connectivity index (χ3n) is 2.09. The minimum atomic E-state index is -0.311. The van der Waals surface area contributed by atoms with Gasteiger partial charge >= 0.3 is 5.97 Å². The number of methoxy groups -OCH3 is 1. The molecule has 1 rings (SSSR count). The Balaban J connectivity index is 2.49. The predicted molar refractivity (Wildman–Crippen MR) is 67.8 cm³/mol. The molecular formula is C14H18O3. The van der Waals surface area contributed by atoms with E-state index < -0.39 is 0 Å². The number of benzene rings is 1. The molecule has 92 valence electrons. The fourth-order valence-corrected chi connectivity index (χ4v) is 1.18. The highest BCUT2D eigenvalue weighted by Crippen LogP contribution is 2.12. The second-order valence-corrected chi connectivity index (χ2v) is 4.13. The first-order valence-electron chi connectivity index (χ1n) is 5.60. The summed E-state index contributed by atoms with van der Waals surface area (Å²) in [5.74, 6) is 0.840. The molecule has 0 aliphatic heterocycles.